The SMILES string of the molecule is COCCOCCNC(=O)C1(C(N)=S)CCC1. The molecule has 0 atom stereocenters. The fraction of sp³-hybridized carbons (Fsp3) is 0.818. The molecule has 0 radical (unpaired) electrons. The molecule has 0 aromatic carbocycles. The molecule has 0 spiro atoms. The summed E-state index contributed by atoms with van der Waals surface area (Å²) < 4.78 is 10.1. The van der Waals surface area contributed by atoms with Crippen LogP contribution in [0, 0.1) is 5.41 Å². The van der Waals surface area contributed by atoms with Crippen molar-refractivity contribution < 1.29 is 14.3 Å². The lowest BCUT2D eigenvalue weighted by Gasteiger charge is -2.39. The molecule has 1 aliphatic rings. The van der Waals surface area contributed by atoms with Gasteiger partial charge in [0.1, 0.15) is 0 Å². The smallest absolute Gasteiger partial charge is 0.233 e. The number of hydrogen-bond donors (Lipinski definition) is 2. The summed E-state index contributed by atoms with van der Waals surface area (Å²) in [6, 6.07) is 0. The van der Waals surface area contributed by atoms with Crippen LogP contribution in [0.5, 0.6) is 0 Å². The van der Waals surface area contributed by atoms with Gasteiger partial charge in [-0.15, -0.1) is 0 Å². The van der Waals surface area contributed by atoms with Crippen molar-refractivity contribution in [2.45, 2.75) is 19.3 Å². The molecule has 1 aliphatic carbocycles. The lowest BCUT2D eigenvalue weighted by molar-refractivity contribution is -0.131. The van der Waals surface area contributed by atoms with E-state index in [1.165, 1.54) is 0 Å². The Labute approximate surface area is 107 Å². The van der Waals surface area contributed by atoms with E-state index in [9.17, 15) is 4.79 Å². The molecule has 1 saturated carbocycles. The highest BCUT2D eigenvalue weighted by molar-refractivity contribution is 7.80. The van der Waals surface area contributed by atoms with Crippen LogP contribution in [-0.2, 0) is 14.3 Å². The quantitative estimate of drug-likeness (QED) is 0.482. The number of nitrogens with one attached hydrogen (secondary N) is 1. The largest absolute Gasteiger partial charge is 0.392 e. The molecule has 0 unspecified atom stereocenters. The fourth-order valence-electron chi connectivity index (χ4n) is 1.77. The zero-order valence-electron chi connectivity index (χ0n) is 10.2. The van der Waals surface area contributed by atoms with Gasteiger partial charge >= 0.3 is 0 Å². The van der Waals surface area contributed by atoms with Crippen molar-refractivity contribution >= 4 is 23.1 Å². The molecule has 0 saturated heterocycles. The number of carbonyl (C=O) groups is 1. The van der Waals surface area contributed by atoms with E-state index in [1.807, 2.05) is 0 Å². The predicted octanol–water partition coefficient (Wildman–Crippen LogP) is 0.222. The summed E-state index contributed by atoms with van der Waals surface area (Å²) in [7, 11) is 1.62. The van der Waals surface area contributed by atoms with Gasteiger partial charge in [0.15, 0.2) is 0 Å². The summed E-state index contributed by atoms with van der Waals surface area (Å²) >= 11 is 4.96. The first-order valence-corrected chi connectivity index (χ1v) is 6.19. The van der Waals surface area contributed by atoms with E-state index >= 15 is 0 Å². The van der Waals surface area contributed by atoms with Gasteiger partial charge < -0.3 is 20.5 Å². The average molecular weight is 260 g/mol. The van der Waals surface area contributed by atoms with Gasteiger partial charge in [-0.1, -0.05) is 18.6 Å². The Morgan fingerprint density at radius 1 is 1.41 bits per heavy atom. The summed E-state index contributed by atoms with van der Waals surface area (Å²) in [5.41, 5.74) is 5.03. The minimum absolute atomic E-state index is 0.0633. The van der Waals surface area contributed by atoms with E-state index in [0.717, 1.165) is 19.3 Å². The molecule has 6 heteroatoms. The van der Waals surface area contributed by atoms with Gasteiger partial charge in [0.2, 0.25) is 5.91 Å². The Kier molecular flexibility index (Phi) is 5.80. The minimum Gasteiger partial charge on any atom is -0.392 e. The second-order valence-electron chi connectivity index (χ2n) is 4.16. The van der Waals surface area contributed by atoms with Crippen molar-refractivity contribution in [1.82, 2.24) is 5.32 Å². The van der Waals surface area contributed by atoms with E-state index in [-0.39, 0.29) is 5.91 Å². The van der Waals surface area contributed by atoms with Gasteiger partial charge in [0.05, 0.1) is 30.2 Å². The monoisotopic (exact) mass is 260 g/mol. The Morgan fingerprint density at radius 2 is 2.12 bits per heavy atom. The summed E-state index contributed by atoms with van der Waals surface area (Å²) in [6.45, 7) is 2.05. The van der Waals surface area contributed by atoms with Gasteiger partial charge in [-0.3, -0.25) is 4.79 Å². The van der Waals surface area contributed by atoms with Crippen molar-refractivity contribution in [1.29, 1.82) is 0 Å². The molecule has 0 heterocycles. The Morgan fingerprint density at radius 3 is 2.59 bits per heavy atom. The number of amides is 1. The molecule has 0 aromatic rings. The van der Waals surface area contributed by atoms with Crippen molar-refractivity contribution in [3.05, 3.63) is 0 Å². The first kappa shape index (κ1) is 14.3. The first-order valence-electron chi connectivity index (χ1n) is 5.78. The lowest BCUT2D eigenvalue weighted by Crippen LogP contribution is -2.53. The average Bonchev–Trinajstić information content (AvgIpc) is 2.21. The highest BCUT2D eigenvalue weighted by atomic mass is 32.1. The minimum atomic E-state index is -0.595. The molecular formula is C11H20N2O3S. The third-order valence-corrected chi connectivity index (χ3v) is 3.47. The van der Waals surface area contributed by atoms with Crippen LogP contribution in [0.4, 0.5) is 0 Å². The molecule has 1 rings (SSSR count). The number of carbonyl (C=O) groups excluding carboxylic acids is 1. The number of methoxy groups -OCH3 is 1. The molecule has 17 heavy (non-hydrogen) atoms. The van der Waals surface area contributed by atoms with Gasteiger partial charge in [0, 0.05) is 13.7 Å². The van der Waals surface area contributed by atoms with Crippen LogP contribution < -0.4 is 11.1 Å². The second-order valence-corrected chi connectivity index (χ2v) is 4.60. The number of rotatable bonds is 8. The van der Waals surface area contributed by atoms with E-state index in [0.29, 0.717) is 31.4 Å². The molecule has 0 aromatic heterocycles. The molecule has 1 fully saturated rings. The van der Waals surface area contributed by atoms with Gasteiger partial charge in [0.25, 0.3) is 0 Å². The zero-order chi connectivity index (χ0) is 12.7. The molecule has 5 nitrogen and oxygen atoms in total. The molecule has 0 bridgehead atoms. The van der Waals surface area contributed by atoms with E-state index in [2.05, 4.69) is 5.32 Å². The Balaban J connectivity index is 2.18. The molecule has 0 aliphatic heterocycles. The molecule has 3 N–H and O–H groups in total. The van der Waals surface area contributed by atoms with Crippen LogP contribution in [0.1, 0.15) is 19.3 Å². The maximum absolute atomic E-state index is 11.9. The molecule has 1 amide bonds. The van der Waals surface area contributed by atoms with Crippen molar-refractivity contribution in [3.8, 4) is 0 Å². The number of thiocarbonyl (C=S) groups is 1. The van der Waals surface area contributed by atoms with Crippen LogP contribution in [0.3, 0.4) is 0 Å². The fourth-order valence-corrected chi connectivity index (χ4v) is 2.06. The maximum Gasteiger partial charge on any atom is 0.233 e. The molecule has 98 valence electrons. The van der Waals surface area contributed by atoms with Gasteiger partial charge in [-0.25, -0.2) is 0 Å². The number of ether oxygens (including phenoxy) is 2. The van der Waals surface area contributed by atoms with Gasteiger partial charge in [-0.05, 0) is 12.8 Å². The van der Waals surface area contributed by atoms with Crippen molar-refractivity contribution in [3.63, 3.8) is 0 Å². The van der Waals surface area contributed by atoms with Crippen LogP contribution in [0.15, 0.2) is 0 Å². The van der Waals surface area contributed by atoms with Crippen LogP contribution in [0.2, 0.25) is 0 Å². The van der Waals surface area contributed by atoms with Crippen LogP contribution >= 0.6 is 12.2 Å². The highest BCUT2D eigenvalue weighted by Gasteiger charge is 2.46. The lowest BCUT2D eigenvalue weighted by atomic mass is 9.68. The standard InChI is InChI=1S/C11H20N2O3S/c1-15-7-8-16-6-5-13-10(14)11(9(12)17)3-2-4-11/h2-8H2,1H3,(H2,12,17)(H,13,14). The highest BCUT2D eigenvalue weighted by Crippen LogP contribution is 2.41. The second kappa shape index (κ2) is 6.88. The van der Waals surface area contributed by atoms with Crippen LogP contribution in [0.25, 0.3) is 0 Å². The van der Waals surface area contributed by atoms with E-state index < -0.39 is 5.41 Å². The summed E-state index contributed by atoms with van der Waals surface area (Å²) in [6.07, 6.45) is 2.53. The topological polar surface area (TPSA) is 73.6 Å². The maximum atomic E-state index is 11.9. The van der Waals surface area contributed by atoms with E-state index in [1.54, 1.807) is 7.11 Å². The van der Waals surface area contributed by atoms with Crippen LogP contribution in [-0.4, -0.2) is 44.4 Å². The Bertz CT molecular complexity index is 280. The zero-order valence-corrected chi connectivity index (χ0v) is 11.0. The van der Waals surface area contributed by atoms with Gasteiger partial charge in [-0.2, -0.15) is 0 Å². The summed E-state index contributed by atoms with van der Waals surface area (Å²) in [5.74, 6) is -0.0633. The third-order valence-electron chi connectivity index (χ3n) is 3.08. The molecular weight excluding hydrogens is 240 g/mol. The third kappa shape index (κ3) is 3.62. The normalized spacial score (nSPS) is 17.2. The number of nitrogens with two attached hydrogens (primary N) is 1. The summed E-state index contributed by atoms with van der Waals surface area (Å²) in [4.78, 5) is 12.2. The number of hydrogen-bond acceptors (Lipinski definition) is 4. The predicted molar refractivity (Wildman–Crippen MR) is 68.8 cm³/mol. The van der Waals surface area contributed by atoms with Crippen molar-refractivity contribution in [2.75, 3.05) is 33.5 Å². The Hall–Kier alpha value is -0.720. The van der Waals surface area contributed by atoms with E-state index in [4.69, 9.17) is 27.4 Å². The van der Waals surface area contributed by atoms with Crippen molar-refractivity contribution in [2.24, 2.45) is 11.1 Å². The summed E-state index contributed by atoms with van der Waals surface area (Å²) in [5, 5.41) is 2.81. The first-order chi connectivity index (χ1) is 8.13.